The zero-order chi connectivity index (χ0) is 42.6. The van der Waals surface area contributed by atoms with E-state index in [2.05, 4.69) is 61.7 Å². The molecule has 0 aromatic carbocycles. The maximum absolute atomic E-state index is 11.4. The summed E-state index contributed by atoms with van der Waals surface area (Å²) in [6, 6.07) is 0. The standard InChI is InChI=1S/C18H33NO.C18H36O.C16H31N3/c1-3-4-5-6-7-8-9-10-11-12-13-14-15-18-16-20-17(2)19-18;1-5-6-7-8-9-10-11-12-13-14-15-16-18(3,4)17(2)19;1-2-3-4-5-6-7-8-9-10-11-12-13-14-16-17-15-18-19-16/h16,19H,2-15H2,1H3;5-16H2,1-4H3;2-15H2,1H3. The molecule has 0 bridgehead atoms. The van der Waals surface area contributed by atoms with Crippen molar-refractivity contribution in [3.05, 3.63) is 24.4 Å². The van der Waals surface area contributed by atoms with Gasteiger partial charge in [-0.05, 0) is 39.2 Å². The molecule has 0 aromatic heterocycles. The Morgan fingerprint density at radius 2 is 0.914 bits per heavy atom. The van der Waals surface area contributed by atoms with Crippen molar-refractivity contribution in [3.8, 4) is 0 Å². The fourth-order valence-corrected chi connectivity index (χ4v) is 7.58. The molecule has 2 aliphatic heterocycles. The Hall–Kier alpha value is -1.98. The number of hydrogen-bond acceptors (Lipinski definition) is 6. The zero-order valence-electron chi connectivity index (χ0n) is 40.0. The second-order valence-electron chi connectivity index (χ2n) is 18.3. The van der Waals surface area contributed by atoms with Gasteiger partial charge in [0.05, 0.1) is 5.70 Å². The molecule has 0 aliphatic carbocycles. The third kappa shape index (κ3) is 39.5. The molecule has 6 heteroatoms. The summed E-state index contributed by atoms with van der Waals surface area (Å²) in [7, 11) is 0. The van der Waals surface area contributed by atoms with Crippen molar-refractivity contribution < 1.29 is 9.53 Å². The number of azo groups is 1. The van der Waals surface area contributed by atoms with Gasteiger partial charge in [0.1, 0.15) is 17.9 Å². The Morgan fingerprint density at radius 1 is 0.569 bits per heavy atom. The summed E-state index contributed by atoms with van der Waals surface area (Å²) in [6.07, 6.45) is 53.6. The number of amidine groups is 1. The first-order valence-corrected chi connectivity index (χ1v) is 25.5. The minimum atomic E-state index is -0.0979. The van der Waals surface area contributed by atoms with E-state index in [-0.39, 0.29) is 5.41 Å². The first-order valence-electron chi connectivity index (χ1n) is 25.5. The molecule has 58 heavy (non-hydrogen) atoms. The molecule has 0 atom stereocenters. The summed E-state index contributed by atoms with van der Waals surface area (Å²) in [6.45, 7) is 17.0. The topological polar surface area (TPSA) is 75.4 Å². The van der Waals surface area contributed by atoms with E-state index in [1.807, 2.05) is 0 Å². The average Bonchev–Trinajstić information content (AvgIpc) is 3.90. The minimum Gasteiger partial charge on any atom is -0.448 e. The van der Waals surface area contributed by atoms with Gasteiger partial charge >= 0.3 is 0 Å². The molecule has 340 valence electrons. The SMILES string of the molecule is C=C1NC(CCCCCCCCCCCCCC)=CO1.CCCCCCCCCCCCCC(C)(C)C(C)=O.CCCCCCCCCCCCCCC1=NCN=N1. The van der Waals surface area contributed by atoms with Gasteiger partial charge in [-0.2, -0.15) is 5.11 Å². The maximum Gasteiger partial charge on any atom is 0.189 e. The van der Waals surface area contributed by atoms with E-state index in [1.165, 1.54) is 230 Å². The van der Waals surface area contributed by atoms with E-state index < -0.39 is 0 Å². The van der Waals surface area contributed by atoms with Crippen LogP contribution in [0.4, 0.5) is 0 Å². The highest BCUT2D eigenvalue weighted by Crippen LogP contribution is 2.25. The molecule has 0 amide bonds. The summed E-state index contributed by atoms with van der Waals surface area (Å²) >= 11 is 0. The molecule has 0 unspecified atom stereocenters. The second-order valence-corrected chi connectivity index (χ2v) is 18.3. The van der Waals surface area contributed by atoms with Crippen LogP contribution in [0.25, 0.3) is 0 Å². The van der Waals surface area contributed by atoms with E-state index in [1.54, 1.807) is 13.2 Å². The van der Waals surface area contributed by atoms with Crippen LogP contribution in [0.5, 0.6) is 0 Å². The number of ketones is 1. The predicted molar refractivity (Wildman–Crippen MR) is 256 cm³/mol. The molecule has 2 aliphatic rings. The highest BCUT2D eigenvalue weighted by atomic mass is 16.5. The van der Waals surface area contributed by atoms with Crippen LogP contribution in [0.2, 0.25) is 0 Å². The van der Waals surface area contributed by atoms with Gasteiger partial charge in [-0.15, -0.1) is 5.11 Å². The lowest BCUT2D eigenvalue weighted by Crippen LogP contribution is -2.20. The molecule has 1 N–H and O–H groups in total. The smallest absolute Gasteiger partial charge is 0.189 e. The number of aliphatic imine (C=N–C) groups is 1. The van der Waals surface area contributed by atoms with Gasteiger partial charge in [0, 0.05) is 11.8 Å². The van der Waals surface area contributed by atoms with E-state index in [0.717, 1.165) is 25.1 Å². The molecule has 6 nitrogen and oxygen atoms in total. The number of nitrogens with one attached hydrogen (secondary N) is 1. The number of rotatable bonds is 39. The lowest BCUT2D eigenvalue weighted by Gasteiger charge is -2.20. The number of nitrogens with zero attached hydrogens (tertiary/aromatic N) is 3. The van der Waals surface area contributed by atoms with Gasteiger partial charge in [0.2, 0.25) is 0 Å². The molecule has 0 aromatic rings. The number of allylic oxidation sites excluding steroid dienone is 1. The summed E-state index contributed by atoms with van der Waals surface area (Å²) < 4.78 is 5.16. The van der Waals surface area contributed by atoms with Gasteiger partial charge in [-0.3, -0.25) is 4.79 Å². The highest BCUT2D eigenvalue weighted by molar-refractivity contribution is 5.83. The summed E-state index contributed by atoms with van der Waals surface area (Å²) in [5.74, 6) is 1.96. The van der Waals surface area contributed by atoms with Gasteiger partial charge < -0.3 is 10.1 Å². The van der Waals surface area contributed by atoms with Crippen molar-refractivity contribution in [2.45, 2.75) is 286 Å². The van der Waals surface area contributed by atoms with E-state index in [0.29, 0.717) is 18.3 Å². The van der Waals surface area contributed by atoms with E-state index in [4.69, 9.17) is 4.74 Å². The van der Waals surface area contributed by atoms with Crippen LogP contribution >= 0.6 is 0 Å². The monoisotopic (exact) mass is 813 g/mol. The molecule has 0 saturated heterocycles. The quantitative estimate of drug-likeness (QED) is 0.0628. The number of Topliss-reactive ketones (excluding diaryl/α,β-unsaturated/α-hetero) is 1. The van der Waals surface area contributed by atoms with E-state index >= 15 is 0 Å². The second kappa shape index (κ2) is 43.1. The van der Waals surface area contributed by atoms with E-state index in [9.17, 15) is 4.79 Å². The highest BCUT2D eigenvalue weighted by Gasteiger charge is 2.22. The Bertz CT molecular complexity index is 1020. The molecule has 0 radical (unpaired) electrons. The molecular weight excluding hydrogens is 713 g/mol. The van der Waals surface area contributed by atoms with Gasteiger partial charge in [-0.25, -0.2) is 4.99 Å². The summed E-state index contributed by atoms with van der Waals surface area (Å²) in [4.78, 5) is 15.6. The first kappa shape index (κ1) is 56.0. The third-order valence-electron chi connectivity index (χ3n) is 12.1. The Balaban J connectivity index is 0.000000841. The van der Waals surface area contributed by atoms with Gasteiger partial charge in [0.15, 0.2) is 12.6 Å². The normalized spacial score (nSPS) is 13.3. The lowest BCUT2D eigenvalue weighted by atomic mass is 9.83. The van der Waals surface area contributed by atoms with Crippen molar-refractivity contribution in [2.75, 3.05) is 6.67 Å². The van der Waals surface area contributed by atoms with Crippen LogP contribution in [-0.2, 0) is 9.53 Å². The van der Waals surface area contributed by atoms with Crippen LogP contribution in [0, 0.1) is 5.41 Å². The summed E-state index contributed by atoms with van der Waals surface area (Å²) in [5, 5.41) is 11.0. The molecule has 0 spiro atoms. The van der Waals surface area contributed by atoms with Crippen LogP contribution in [-0.4, -0.2) is 18.3 Å². The van der Waals surface area contributed by atoms with Crippen LogP contribution in [0.3, 0.4) is 0 Å². The molecular formula is C52H100N4O2. The first-order chi connectivity index (χ1) is 28.3. The summed E-state index contributed by atoms with van der Waals surface area (Å²) in [5.41, 5.74) is 1.08. The fraction of sp³-hybridized carbons (Fsp3) is 0.885. The number of carbonyl (C=O) groups is 1. The van der Waals surface area contributed by atoms with Gasteiger partial charge in [0.25, 0.3) is 0 Å². The maximum atomic E-state index is 11.4. The third-order valence-corrected chi connectivity index (χ3v) is 12.1. The largest absolute Gasteiger partial charge is 0.448 e. The average molecular weight is 813 g/mol. The van der Waals surface area contributed by atoms with Crippen LogP contribution in [0.1, 0.15) is 286 Å². The van der Waals surface area contributed by atoms with Gasteiger partial charge in [-0.1, -0.05) is 247 Å². The zero-order valence-corrected chi connectivity index (χ0v) is 40.0. The molecule has 0 saturated carbocycles. The van der Waals surface area contributed by atoms with Crippen molar-refractivity contribution >= 4 is 11.6 Å². The van der Waals surface area contributed by atoms with Crippen molar-refractivity contribution in [1.82, 2.24) is 5.32 Å². The molecule has 0 fully saturated rings. The Labute approximate surface area is 362 Å². The number of ether oxygens (including phenoxy) is 1. The molecule has 2 rings (SSSR count). The van der Waals surface area contributed by atoms with Crippen molar-refractivity contribution in [1.29, 1.82) is 0 Å². The molecule has 2 heterocycles. The Morgan fingerprint density at radius 3 is 1.22 bits per heavy atom. The number of hydrogen-bond donors (Lipinski definition) is 1. The number of unbranched alkanes of at least 4 members (excludes halogenated alkanes) is 32. The van der Waals surface area contributed by atoms with Crippen molar-refractivity contribution in [3.63, 3.8) is 0 Å². The predicted octanol–water partition coefficient (Wildman–Crippen LogP) is 18.2. The minimum absolute atomic E-state index is 0.0979. The van der Waals surface area contributed by atoms with Crippen LogP contribution in [0.15, 0.2) is 39.6 Å². The Kier molecular flexibility index (Phi) is 41.6. The lowest BCUT2D eigenvalue weighted by molar-refractivity contribution is -0.125. The van der Waals surface area contributed by atoms with Crippen molar-refractivity contribution in [2.24, 2.45) is 20.6 Å². The van der Waals surface area contributed by atoms with Crippen LogP contribution < -0.4 is 5.32 Å². The number of carbonyl (C=O) groups excluding carboxylic acids is 1. The fourth-order valence-electron chi connectivity index (χ4n) is 7.58.